The number of rotatable bonds is 5. The van der Waals surface area contributed by atoms with Crippen LogP contribution in [0.1, 0.15) is 38.5 Å². The molecular weight excluding hydrogens is 592 g/mol. The van der Waals surface area contributed by atoms with E-state index in [-0.39, 0.29) is 35.0 Å². The second kappa shape index (κ2) is 10.4. The molecule has 5 fully saturated rings. The Labute approximate surface area is 265 Å². The molecule has 0 saturated carbocycles. The summed E-state index contributed by atoms with van der Waals surface area (Å²) in [6.45, 7) is 3.67. The molecule has 5 saturated heterocycles. The molecule has 240 valence electrons. The maximum absolute atomic E-state index is 16.9. The number of carbonyl (C=O) groups excluding carboxylic acids is 1. The molecule has 7 heterocycles. The number of likely N-dealkylation sites (tertiary alicyclic amines) is 1. The number of hydrogen-bond acceptors (Lipinski definition) is 9. The lowest BCUT2D eigenvalue weighted by atomic mass is 9.86. The molecule has 4 atom stereocenters. The maximum atomic E-state index is 16.9. The van der Waals surface area contributed by atoms with Gasteiger partial charge in [-0.2, -0.15) is 0 Å². The summed E-state index contributed by atoms with van der Waals surface area (Å²) < 4.78 is 44.2. The fourth-order valence-electron chi connectivity index (χ4n) is 8.65. The Bertz CT molecular complexity index is 1870. The molecule has 12 heteroatoms. The number of aromatic nitrogens is 1. The fraction of sp³-hybridized carbons (Fsp3) is 0.500. The molecule has 2 aromatic carbocycles. The SMILES string of the molecule is CN1C(N2CCCC3(C2)NC2OC2NC3=O)=c2cnc(-c3cccc4cccc(F)c34)c(F)c2=NC1OCC12CCCN1CCC2. The summed E-state index contributed by atoms with van der Waals surface area (Å²) in [7, 11) is 1.91. The molecule has 6 aliphatic rings. The number of carbonyl (C=O) groups is 1. The van der Waals surface area contributed by atoms with Crippen molar-refractivity contribution < 1.29 is 23.0 Å². The first-order valence-electron chi connectivity index (χ1n) is 16.4. The van der Waals surface area contributed by atoms with Crippen LogP contribution in [0.4, 0.5) is 8.78 Å². The van der Waals surface area contributed by atoms with E-state index in [1.165, 1.54) is 6.07 Å². The summed E-state index contributed by atoms with van der Waals surface area (Å²) in [6.07, 6.45) is 6.19. The number of fused-ring (bicyclic) bond motifs is 4. The van der Waals surface area contributed by atoms with Gasteiger partial charge in [-0.05, 0) is 63.1 Å². The summed E-state index contributed by atoms with van der Waals surface area (Å²) in [4.78, 5) is 29.4. The van der Waals surface area contributed by atoms with Gasteiger partial charge in [0.25, 0.3) is 0 Å². The molecule has 4 unspecified atom stereocenters. The van der Waals surface area contributed by atoms with Crippen molar-refractivity contribution in [2.75, 3.05) is 39.8 Å². The van der Waals surface area contributed by atoms with E-state index in [0.29, 0.717) is 53.5 Å². The Morgan fingerprint density at radius 1 is 1.04 bits per heavy atom. The minimum absolute atomic E-state index is 0.0146. The highest BCUT2D eigenvalue weighted by atomic mass is 19.1. The van der Waals surface area contributed by atoms with Crippen molar-refractivity contribution in [2.24, 2.45) is 4.99 Å². The van der Waals surface area contributed by atoms with E-state index in [2.05, 4.69) is 25.4 Å². The number of benzene rings is 2. The van der Waals surface area contributed by atoms with Crippen LogP contribution < -0.4 is 21.2 Å². The number of pyridine rings is 1. The van der Waals surface area contributed by atoms with Crippen molar-refractivity contribution in [2.45, 2.75) is 68.4 Å². The second-order valence-corrected chi connectivity index (χ2v) is 13.6. The minimum atomic E-state index is -0.839. The summed E-state index contributed by atoms with van der Waals surface area (Å²) >= 11 is 0. The van der Waals surface area contributed by atoms with Crippen LogP contribution in [0, 0.1) is 11.6 Å². The third kappa shape index (κ3) is 4.30. The van der Waals surface area contributed by atoms with Crippen molar-refractivity contribution in [3.05, 3.63) is 64.8 Å². The van der Waals surface area contributed by atoms with Crippen molar-refractivity contribution in [1.82, 2.24) is 30.3 Å². The topological polar surface area (TPSA) is 97.9 Å². The van der Waals surface area contributed by atoms with Gasteiger partial charge in [0.2, 0.25) is 12.3 Å². The Morgan fingerprint density at radius 2 is 1.83 bits per heavy atom. The van der Waals surface area contributed by atoms with Crippen LogP contribution in [0.5, 0.6) is 0 Å². The van der Waals surface area contributed by atoms with Crippen LogP contribution in [-0.2, 0) is 14.3 Å². The van der Waals surface area contributed by atoms with Crippen LogP contribution in [0.2, 0.25) is 0 Å². The molecule has 1 aromatic heterocycles. The molecule has 0 radical (unpaired) electrons. The van der Waals surface area contributed by atoms with Gasteiger partial charge in [0.05, 0.1) is 11.8 Å². The Kier molecular flexibility index (Phi) is 6.44. The molecular formula is C34H37F2N7O3. The average molecular weight is 630 g/mol. The van der Waals surface area contributed by atoms with Gasteiger partial charge in [0.1, 0.15) is 28.2 Å². The highest BCUT2D eigenvalue weighted by molar-refractivity contribution is 5.96. The molecule has 46 heavy (non-hydrogen) atoms. The monoisotopic (exact) mass is 629 g/mol. The number of piperazine rings is 1. The third-order valence-corrected chi connectivity index (χ3v) is 11.0. The lowest BCUT2D eigenvalue weighted by Gasteiger charge is -2.47. The minimum Gasteiger partial charge on any atom is -0.355 e. The number of piperidine rings is 1. The van der Waals surface area contributed by atoms with Gasteiger partial charge in [-0.3, -0.25) is 20.0 Å². The lowest BCUT2D eigenvalue weighted by Crippen LogP contribution is -2.70. The number of nitrogens with one attached hydrogen (secondary N) is 2. The Hall–Kier alpha value is -3.71. The molecule has 9 rings (SSSR count). The number of nitrogens with zero attached hydrogens (tertiary/aromatic N) is 5. The Balaban J connectivity index is 1.16. The number of amides is 1. The summed E-state index contributed by atoms with van der Waals surface area (Å²) in [5, 5.41) is 8.04. The normalized spacial score (nSPS) is 29.8. The number of ether oxygens (including phenoxy) is 2. The summed E-state index contributed by atoms with van der Waals surface area (Å²) in [6, 6.07) is 10.1. The number of hydrogen-bond donors (Lipinski definition) is 2. The van der Waals surface area contributed by atoms with Gasteiger partial charge >= 0.3 is 0 Å². The van der Waals surface area contributed by atoms with Crippen LogP contribution in [0.25, 0.3) is 27.9 Å². The predicted octanol–water partition coefficient (Wildman–Crippen LogP) is 1.98. The van der Waals surface area contributed by atoms with Gasteiger partial charge in [-0.15, -0.1) is 0 Å². The molecule has 0 bridgehead atoms. The molecule has 0 aliphatic carbocycles. The van der Waals surface area contributed by atoms with E-state index < -0.39 is 23.5 Å². The van der Waals surface area contributed by atoms with Crippen LogP contribution in [-0.4, -0.2) is 95.3 Å². The first kappa shape index (κ1) is 28.5. The largest absolute Gasteiger partial charge is 0.355 e. The average Bonchev–Trinajstić information content (AvgIpc) is 3.47. The van der Waals surface area contributed by atoms with Crippen LogP contribution >= 0.6 is 0 Å². The lowest BCUT2D eigenvalue weighted by molar-refractivity contribution is -0.131. The molecule has 6 aliphatic heterocycles. The maximum Gasteiger partial charge on any atom is 0.244 e. The van der Waals surface area contributed by atoms with E-state index in [1.807, 2.05) is 11.9 Å². The zero-order valence-electron chi connectivity index (χ0n) is 25.8. The molecule has 10 nitrogen and oxygen atoms in total. The van der Waals surface area contributed by atoms with E-state index >= 15 is 8.78 Å². The zero-order valence-corrected chi connectivity index (χ0v) is 25.8. The first-order chi connectivity index (χ1) is 22.4. The molecule has 3 aromatic rings. The van der Waals surface area contributed by atoms with Gasteiger partial charge in [-0.25, -0.2) is 13.8 Å². The van der Waals surface area contributed by atoms with Crippen molar-refractivity contribution in [1.29, 1.82) is 0 Å². The van der Waals surface area contributed by atoms with Crippen molar-refractivity contribution in [3.8, 4) is 11.3 Å². The van der Waals surface area contributed by atoms with E-state index in [4.69, 9.17) is 14.5 Å². The van der Waals surface area contributed by atoms with Crippen LogP contribution in [0.15, 0.2) is 47.6 Å². The predicted molar refractivity (Wildman–Crippen MR) is 165 cm³/mol. The zero-order chi connectivity index (χ0) is 31.2. The molecule has 1 spiro atoms. The second-order valence-electron chi connectivity index (χ2n) is 13.6. The number of halogens is 2. The van der Waals surface area contributed by atoms with Gasteiger partial charge in [-0.1, -0.05) is 30.3 Å². The van der Waals surface area contributed by atoms with Crippen LogP contribution in [0.3, 0.4) is 0 Å². The fourth-order valence-corrected chi connectivity index (χ4v) is 8.65. The smallest absolute Gasteiger partial charge is 0.244 e. The van der Waals surface area contributed by atoms with Crippen molar-refractivity contribution >= 4 is 22.5 Å². The van der Waals surface area contributed by atoms with Crippen molar-refractivity contribution in [3.63, 3.8) is 0 Å². The van der Waals surface area contributed by atoms with Gasteiger partial charge in [0, 0.05) is 42.8 Å². The summed E-state index contributed by atoms with van der Waals surface area (Å²) in [5.41, 5.74) is -0.444. The summed E-state index contributed by atoms with van der Waals surface area (Å²) in [5.74, 6) is -0.444. The van der Waals surface area contributed by atoms with Gasteiger partial charge in [0.15, 0.2) is 18.3 Å². The first-order valence-corrected chi connectivity index (χ1v) is 16.4. The van der Waals surface area contributed by atoms with Gasteiger partial charge < -0.3 is 24.6 Å². The highest BCUT2D eigenvalue weighted by Gasteiger charge is 2.57. The third-order valence-electron chi connectivity index (χ3n) is 11.0. The number of epoxide rings is 1. The molecule has 1 amide bonds. The van der Waals surface area contributed by atoms with E-state index in [1.54, 1.807) is 36.5 Å². The highest BCUT2D eigenvalue weighted by Crippen LogP contribution is 2.40. The standard InChI is InChI=1S/C34H37F2N7O3/c1-41-30(42-14-6-13-34(18-42)31(44)39-28-29(40-34)46-28)22-17-37-26(21-9-2-7-20-8-3-10-23(35)24(20)21)25(36)27(22)38-32(41)45-19-33-11-4-15-43(33)16-5-12-33/h2-3,7-10,17,28-29,32,40H,4-6,11-16,18-19H2,1H3,(H,39,44). The molecule has 2 N–H and O–H groups in total. The van der Waals surface area contributed by atoms with E-state index in [9.17, 15) is 4.79 Å². The quantitative estimate of drug-likeness (QED) is 0.414. The van der Waals surface area contributed by atoms with E-state index in [0.717, 1.165) is 45.2 Å². The Morgan fingerprint density at radius 3 is 2.65 bits per heavy atom.